The van der Waals surface area contributed by atoms with Crippen LogP contribution in [0.2, 0.25) is 0 Å². The van der Waals surface area contributed by atoms with Gasteiger partial charge < -0.3 is 15.5 Å². The number of halogens is 1. The summed E-state index contributed by atoms with van der Waals surface area (Å²) in [7, 11) is 3.86. The van der Waals surface area contributed by atoms with E-state index in [-0.39, 0.29) is 11.9 Å². The van der Waals surface area contributed by atoms with E-state index in [0.717, 1.165) is 11.3 Å². The summed E-state index contributed by atoms with van der Waals surface area (Å²) in [6.07, 6.45) is 1.61. The van der Waals surface area contributed by atoms with E-state index in [4.69, 9.17) is 0 Å². The predicted octanol–water partition coefficient (Wildman–Crippen LogP) is 6.23. The van der Waals surface area contributed by atoms with Crippen molar-refractivity contribution in [1.82, 2.24) is 9.97 Å². The van der Waals surface area contributed by atoms with Crippen LogP contribution in [0, 0.1) is 5.82 Å². The van der Waals surface area contributed by atoms with Crippen LogP contribution in [0.5, 0.6) is 0 Å². The summed E-state index contributed by atoms with van der Waals surface area (Å²) in [5.74, 6) is 0.401. The molecule has 0 radical (unpaired) electrons. The van der Waals surface area contributed by atoms with Crippen molar-refractivity contribution in [3.05, 3.63) is 103 Å². The van der Waals surface area contributed by atoms with Crippen LogP contribution in [0.3, 0.4) is 0 Å². The highest BCUT2D eigenvalue weighted by Crippen LogP contribution is 2.29. The number of rotatable bonds is 7. The number of hydrogen-bond donors (Lipinski definition) is 2. The van der Waals surface area contributed by atoms with Gasteiger partial charge in [0.1, 0.15) is 11.6 Å². The Morgan fingerprint density at radius 2 is 1.63 bits per heavy atom. The van der Waals surface area contributed by atoms with Gasteiger partial charge in [-0.1, -0.05) is 36.4 Å². The average molecular weight is 471 g/mol. The summed E-state index contributed by atoms with van der Waals surface area (Å²) in [6.45, 7) is 2.02. The number of amides is 2. The molecule has 0 unspecified atom stereocenters. The largest absolute Gasteiger partial charge is 0.378 e. The quantitative estimate of drug-likeness (QED) is 0.335. The van der Waals surface area contributed by atoms with Gasteiger partial charge in [0, 0.05) is 37.7 Å². The van der Waals surface area contributed by atoms with Gasteiger partial charge in [-0.05, 0) is 55.0 Å². The van der Waals surface area contributed by atoms with Gasteiger partial charge in [0.05, 0.1) is 11.7 Å². The lowest BCUT2D eigenvalue weighted by molar-refractivity contribution is 0.259. The van der Waals surface area contributed by atoms with Crippen molar-refractivity contribution < 1.29 is 9.18 Å². The molecule has 0 aliphatic rings. The molecule has 35 heavy (non-hydrogen) atoms. The van der Waals surface area contributed by atoms with Crippen LogP contribution in [0.1, 0.15) is 18.5 Å². The number of urea groups is 1. The highest BCUT2D eigenvalue weighted by molar-refractivity contribution is 6.06. The number of carbonyl (C=O) groups is 1. The minimum atomic E-state index is -0.437. The Kier molecular flexibility index (Phi) is 7.21. The van der Waals surface area contributed by atoms with Gasteiger partial charge in [-0.2, -0.15) is 4.98 Å². The second-order valence-corrected chi connectivity index (χ2v) is 8.20. The van der Waals surface area contributed by atoms with E-state index in [0.29, 0.717) is 23.1 Å². The van der Waals surface area contributed by atoms with Gasteiger partial charge in [0.15, 0.2) is 0 Å². The molecule has 1 heterocycles. The van der Waals surface area contributed by atoms with E-state index in [1.54, 1.807) is 12.3 Å². The molecule has 4 aromatic rings. The molecular weight excluding hydrogens is 443 g/mol. The normalized spacial score (nSPS) is 11.4. The zero-order valence-electron chi connectivity index (χ0n) is 19.8. The summed E-state index contributed by atoms with van der Waals surface area (Å²) in [5, 5.41) is 6.13. The second kappa shape index (κ2) is 10.6. The number of anilines is 5. The van der Waals surface area contributed by atoms with Gasteiger partial charge in [-0.3, -0.25) is 0 Å². The Labute approximate surface area is 204 Å². The standard InChI is InChI=1S/C27H27FN6O/c1-19(20-8-5-4-6-9-20)30-26-29-17-16-25(32-26)34(24-11-7-10-23(18-24)33(2)3)27(35)31-22-14-12-21(28)13-15-22/h4-19H,1-3H3,(H,31,35)(H,29,30,32)/t19-/m0/s1. The molecule has 1 atom stereocenters. The molecule has 0 saturated carbocycles. The van der Waals surface area contributed by atoms with Crippen LogP contribution >= 0.6 is 0 Å². The molecule has 7 nitrogen and oxygen atoms in total. The van der Waals surface area contributed by atoms with Gasteiger partial charge in [-0.25, -0.2) is 19.1 Å². The fraction of sp³-hybridized carbons (Fsp3) is 0.148. The Hall–Kier alpha value is -4.46. The maximum absolute atomic E-state index is 13.5. The molecule has 0 aliphatic carbocycles. The smallest absolute Gasteiger partial charge is 0.332 e. The molecule has 0 aliphatic heterocycles. The third-order valence-electron chi connectivity index (χ3n) is 5.42. The predicted molar refractivity (Wildman–Crippen MR) is 139 cm³/mol. The van der Waals surface area contributed by atoms with Crippen molar-refractivity contribution in [2.75, 3.05) is 34.5 Å². The zero-order valence-corrected chi connectivity index (χ0v) is 19.8. The van der Waals surface area contributed by atoms with Crippen molar-refractivity contribution in [1.29, 1.82) is 0 Å². The highest BCUT2D eigenvalue weighted by Gasteiger charge is 2.21. The Bertz CT molecular complexity index is 1280. The SMILES string of the molecule is C[C@H](Nc1nccc(N(C(=O)Nc2ccc(F)cc2)c2cccc(N(C)C)c2)n1)c1ccccc1. The number of aromatic nitrogens is 2. The van der Waals surface area contributed by atoms with E-state index < -0.39 is 6.03 Å². The van der Waals surface area contributed by atoms with Gasteiger partial charge >= 0.3 is 6.03 Å². The lowest BCUT2D eigenvalue weighted by atomic mass is 10.1. The van der Waals surface area contributed by atoms with Gasteiger partial charge in [0.25, 0.3) is 0 Å². The van der Waals surface area contributed by atoms with Crippen molar-refractivity contribution in [3.8, 4) is 0 Å². The third-order valence-corrected chi connectivity index (χ3v) is 5.42. The highest BCUT2D eigenvalue weighted by atomic mass is 19.1. The summed E-state index contributed by atoms with van der Waals surface area (Å²) < 4.78 is 13.4. The molecule has 0 spiro atoms. The molecule has 2 N–H and O–H groups in total. The maximum atomic E-state index is 13.5. The number of carbonyl (C=O) groups excluding carboxylic acids is 1. The van der Waals surface area contributed by atoms with Crippen LogP contribution in [0.15, 0.2) is 91.1 Å². The molecule has 2 amide bonds. The Morgan fingerprint density at radius 1 is 0.914 bits per heavy atom. The van der Waals surface area contributed by atoms with E-state index >= 15 is 0 Å². The number of nitrogens with zero attached hydrogens (tertiary/aromatic N) is 4. The van der Waals surface area contributed by atoms with Crippen molar-refractivity contribution in [2.45, 2.75) is 13.0 Å². The van der Waals surface area contributed by atoms with Crippen molar-refractivity contribution in [3.63, 3.8) is 0 Å². The van der Waals surface area contributed by atoms with Gasteiger partial charge in [-0.15, -0.1) is 0 Å². The number of benzene rings is 3. The lowest BCUT2D eigenvalue weighted by Crippen LogP contribution is -2.32. The minimum Gasteiger partial charge on any atom is -0.378 e. The molecular formula is C27H27FN6O. The minimum absolute atomic E-state index is 0.0370. The first-order chi connectivity index (χ1) is 16.9. The molecule has 8 heteroatoms. The van der Waals surface area contributed by atoms with Crippen LogP contribution in [0.25, 0.3) is 0 Å². The van der Waals surface area contributed by atoms with Crippen LogP contribution in [-0.4, -0.2) is 30.1 Å². The fourth-order valence-corrected chi connectivity index (χ4v) is 3.54. The van der Waals surface area contributed by atoms with Crippen LogP contribution in [-0.2, 0) is 0 Å². The third kappa shape index (κ3) is 5.92. The second-order valence-electron chi connectivity index (χ2n) is 8.20. The number of nitrogens with one attached hydrogen (secondary N) is 2. The molecule has 178 valence electrons. The monoisotopic (exact) mass is 470 g/mol. The first-order valence-corrected chi connectivity index (χ1v) is 11.2. The lowest BCUT2D eigenvalue weighted by Gasteiger charge is -2.24. The first-order valence-electron chi connectivity index (χ1n) is 11.2. The van der Waals surface area contributed by atoms with Crippen molar-refractivity contribution in [2.24, 2.45) is 0 Å². The zero-order chi connectivity index (χ0) is 24.8. The molecule has 0 saturated heterocycles. The van der Waals surface area contributed by atoms with E-state index in [9.17, 15) is 9.18 Å². The molecule has 3 aromatic carbocycles. The van der Waals surface area contributed by atoms with E-state index in [2.05, 4.69) is 20.6 Å². The summed E-state index contributed by atoms with van der Waals surface area (Å²) in [4.78, 5) is 25.9. The summed E-state index contributed by atoms with van der Waals surface area (Å²) in [5.41, 5.74) is 3.10. The Morgan fingerprint density at radius 3 is 2.34 bits per heavy atom. The van der Waals surface area contributed by atoms with Crippen molar-refractivity contribution >= 4 is 34.9 Å². The summed E-state index contributed by atoms with van der Waals surface area (Å²) >= 11 is 0. The topological polar surface area (TPSA) is 73.4 Å². The molecule has 0 bridgehead atoms. The average Bonchev–Trinajstić information content (AvgIpc) is 2.86. The first kappa shape index (κ1) is 23.7. The van der Waals surface area contributed by atoms with E-state index in [1.807, 2.05) is 80.5 Å². The molecule has 1 aromatic heterocycles. The summed E-state index contributed by atoms with van der Waals surface area (Å²) in [6, 6.07) is 24.3. The van der Waals surface area contributed by atoms with Crippen LogP contribution < -0.4 is 20.4 Å². The molecule has 0 fully saturated rings. The van der Waals surface area contributed by atoms with E-state index in [1.165, 1.54) is 29.2 Å². The van der Waals surface area contributed by atoms with Gasteiger partial charge in [0.2, 0.25) is 5.95 Å². The molecule has 4 rings (SSSR count). The van der Waals surface area contributed by atoms with Crippen LogP contribution in [0.4, 0.5) is 38.0 Å². The number of hydrogen-bond acceptors (Lipinski definition) is 5. The Balaban J connectivity index is 1.68. The maximum Gasteiger partial charge on any atom is 0.332 e. The fourth-order valence-electron chi connectivity index (χ4n) is 3.54.